The molecule has 0 bridgehead atoms. The van der Waals surface area contributed by atoms with Gasteiger partial charge in [-0.2, -0.15) is 0 Å². The summed E-state index contributed by atoms with van der Waals surface area (Å²) in [6.45, 7) is 4.82. The summed E-state index contributed by atoms with van der Waals surface area (Å²) in [6.07, 6.45) is 0. The van der Waals surface area contributed by atoms with Crippen molar-refractivity contribution in [2.24, 2.45) is 0 Å². The summed E-state index contributed by atoms with van der Waals surface area (Å²) in [5.74, 6) is -0.583. The van der Waals surface area contributed by atoms with Gasteiger partial charge in [-0.25, -0.2) is 7.91 Å². The van der Waals surface area contributed by atoms with Crippen LogP contribution in [0.1, 0.15) is 15.9 Å². The fourth-order valence-electron chi connectivity index (χ4n) is 1.92. The van der Waals surface area contributed by atoms with Crippen LogP contribution in [0, 0.1) is 6.92 Å². The Hall–Kier alpha value is -1.15. The van der Waals surface area contributed by atoms with Crippen molar-refractivity contribution in [3.05, 3.63) is 35.4 Å². The SMILES string of the molecule is Cc1ccc(C(=O)OCC(=O)N2CCN(I)CC2)cc1. The molecule has 108 valence electrons. The first kappa shape index (κ1) is 15.2. The second-order valence-corrected chi connectivity index (χ2v) is 6.10. The number of ether oxygens (including phenoxy) is 1. The number of halogens is 1. The smallest absolute Gasteiger partial charge is 0.338 e. The molecule has 1 amide bonds. The van der Waals surface area contributed by atoms with Crippen molar-refractivity contribution in [1.29, 1.82) is 0 Å². The van der Waals surface area contributed by atoms with Crippen LogP contribution in [0.3, 0.4) is 0 Å². The molecule has 2 rings (SSSR count). The molecular formula is C14H17IN2O3. The maximum absolute atomic E-state index is 11.9. The van der Waals surface area contributed by atoms with Crippen LogP contribution >= 0.6 is 22.9 Å². The molecule has 0 N–H and O–H groups in total. The van der Waals surface area contributed by atoms with Crippen molar-refractivity contribution in [1.82, 2.24) is 8.01 Å². The van der Waals surface area contributed by atoms with Crippen molar-refractivity contribution in [2.75, 3.05) is 32.8 Å². The average molecular weight is 388 g/mol. The molecule has 1 heterocycles. The molecule has 0 radical (unpaired) electrons. The lowest BCUT2D eigenvalue weighted by molar-refractivity contribution is -0.135. The summed E-state index contributed by atoms with van der Waals surface area (Å²) < 4.78 is 7.20. The van der Waals surface area contributed by atoms with Gasteiger partial charge in [0.25, 0.3) is 5.91 Å². The predicted octanol–water partition coefficient (Wildman–Crippen LogP) is 1.65. The molecule has 0 aliphatic carbocycles. The highest BCUT2D eigenvalue weighted by atomic mass is 127. The Morgan fingerprint density at radius 1 is 1.15 bits per heavy atom. The first-order valence-electron chi connectivity index (χ1n) is 6.48. The van der Waals surface area contributed by atoms with E-state index in [1.54, 1.807) is 17.0 Å². The van der Waals surface area contributed by atoms with Gasteiger partial charge < -0.3 is 9.64 Å². The second kappa shape index (κ2) is 7.03. The number of amides is 1. The van der Waals surface area contributed by atoms with Crippen molar-refractivity contribution in [2.45, 2.75) is 6.92 Å². The van der Waals surface area contributed by atoms with Gasteiger partial charge in [-0.3, -0.25) is 4.79 Å². The molecule has 5 nitrogen and oxygen atoms in total. The monoisotopic (exact) mass is 388 g/mol. The largest absolute Gasteiger partial charge is 0.452 e. The maximum Gasteiger partial charge on any atom is 0.338 e. The number of esters is 1. The van der Waals surface area contributed by atoms with Crippen LogP contribution in [0.5, 0.6) is 0 Å². The first-order valence-corrected chi connectivity index (χ1v) is 7.45. The van der Waals surface area contributed by atoms with Crippen LogP contribution in [0.15, 0.2) is 24.3 Å². The lowest BCUT2D eigenvalue weighted by atomic mass is 10.1. The number of benzene rings is 1. The quantitative estimate of drug-likeness (QED) is 0.449. The number of hydrogen-bond donors (Lipinski definition) is 0. The summed E-state index contributed by atoms with van der Waals surface area (Å²) >= 11 is 2.24. The topological polar surface area (TPSA) is 49.9 Å². The third-order valence-electron chi connectivity index (χ3n) is 3.19. The van der Waals surface area contributed by atoms with Gasteiger partial charge >= 0.3 is 5.97 Å². The third kappa shape index (κ3) is 4.17. The molecule has 1 aliphatic rings. The van der Waals surface area contributed by atoms with Gasteiger partial charge in [0, 0.05) is 49.0 Å². The summed E-state index contributed by atoms with van der Waals surface area (Å²) in [5, 5.41) is 0. The number of nitrogens with zero attached hydrogens (tertiary/aromatic N) is 2. The van der Waals surface area contributed by atoms with Gasteiger partial charge in [0.15, 0.2) is 6.61 Å². The van der Waals surface area contributed by atoms with Crippen molar-refractivity contribution in [3.8, 4) is 0 Å². The molecule has 0 unspecified atom stereocenters. The predicted molar refractivity (Wildman–Crippen MR) is 83.6 cm³/mol. The minimum atomic E-state index is -0.453. The Bertz CT molecular complexity index is 482. The van der Waals surface area contributed by atoms with E-state index in [0.717, 1.165) is 18.7 Å². The number of rotatable bonds is 3. The number of carbonyl (C=O) groups excluding carboxylic acids is 2. The Morgan fingerprint density at radius 3 is 2.35 bits per heavy atom. The highest BCUT2D eigenvalue weighted by molar-refractivity contribution is 14.1. The van der Waals surface area contributed by atoms with Gasteiger partial charge in [0.1, 0.15) is 0 Å². The molecule has 0 aromatic heterocycles. The highest BCUT2D eigenvalue weighted by Gasteiger charge is 2.20. The summed E-state index contributed by atoms with van der Waals surface area (Å²) in [5.41, 5.74) is 1.55. The van der Waals surface area contributed by atoms with E-state index >= 15 is 0 Å². The molecule has 0 spiro atoms. The van der Waals surface area contributed by atoms with E-state index in [1.165, 1.54) is 0 Å². The fraction of sp³-hybridized carbons (Fsp3) is 0.429. The maximum atomic E-state index is 11.9. The minimum Gasteiger partial charge on any atom is -0.452 e. The molecule has 1 fully saturated rings. The van der Waals surface area contributed by atoms with Crippen LogP contribution in [0.4, 0.5) is 0 Å². The van der Waals surface area contributed by atoms with Crippen LogP contribution in [-0.4, -0.2) is 52.7 Å². The molecule has 1 saturated heterocycles. The van der Waals surface area contributed by atoms with Crippen LogP contribution < -0.4 is 0 Å². The second-order valence-electron chi connectivity index (χ2n) is 4.73. The number of carbonyl (C=O) groups is 2. The zero-order valence-corrected chi connectivity index (χ0v) is 13.5. The van der Waals surface area contributed by atoms with Gasteiger partial charge in [-0.05, 0) is 19.1 Å². The summed E-state index contributed by atoms with van der Waals surface area (Å²) in [7, 11) is 0. The van der Waals surface area contributed by atoms with E-state index < -0.39 is 5.97 Å². The number of hydrogen-bond acceptors (Lipinski definition) is 4. The fourth-order valence-corrected chi connectivity index (χ4v) is 2.35. The van der Waals surface area contributed by atoms with Gasteiger partial charge in [0.2, 0.25) is 0 Å². The number of aryl methyl sites for hydroxylation is 1. The van der Waals surface area contributed by atoms with Crippen LogP contribution in [0.2, 0.25) is 0 Å². The summed E-state index contributed by atoms with van der Waals surface area (Å²) in [6, 6.07) is 7.10. The van der Waals surface area contributed by atoms with Crippen LogP contribution in [-0.2, 0) is 9.53 Å². The molecule has 0 atom stereocenters. The molecule has 0 saturated carbocycles. The lowest BCUT2D eigenvalue weighted by Crippen LogP contribution is -2.46. The summed E-state index contributed by atoms with van der Waals surface area (Å²) in [4.78, 5) is 25.4. The van der Waals surface area contributed by atoms with Gasteiger partial charge in [-0.1, -0.05) is 17.7 Å². The van der Waals surface area contributed by atoms with Crippen LogP contribution in [0.25, 0.3) is 0 Å². The van der Waals surface area contributed by atoms with E-state index in [-0.39, 0.29) is 12.5 Å². The lowest BCUT2D eigenvalue weighted by Gasteiger charge is -2.30. The zero-order valence-electron chi connectivity index (χ0n) is 11.3. The van der Waals surface area contributed by atoms with Crippen molar-refractivity contribution in [3.63, 3.8) is 0 Å². The molecule has 6 heteroatoms. The normalized spacial score (nSPS) is 16.0. The molecule has 20 heavy (non-hydrogen) atoms. The Labute approximate surface area is 132 Å². The molecule has 1 aromatic rings. The highest BCUT2D eigenvalue weighted by Crippen LogP contribution is 2.08. The van der Waals surface area contributed by atoms with E-state index in [2.05, 4.69) is 26.0 Å². The van der Waals surface area contributed by atoms with E-state index in [9.17, 15) is 9.59 Å². The van der Waals surface area contributed by atoms with Gasteiger partial charge in [0.05, 0.1) is 5.56 Å². The molecule has 1 aromatic carbocycles. The standard InChI is InChI=1S/C14H17IN2O3/c1-11-2-4-12(5-3-11)14(19)20-10-13(18)16-6-8-17(15)9-7-16/h2-5H,6-10H2,1H3. The first-order chi connectivity index (χ1) is 9.56. The Kier molecular flexibility index (Phi) is 5.36. The molecule has 1 aliphatic heterocycles. The third-order valence-corrected chi connectivity index (χ3v) is 4.16. The zero-order chi connectivity index (χ0) is 14.5. The number of piperazine rings is 1. The average Bonchev–Trinajstić information content (AvgIpc) is 2.46. The van der Waals surface area contributed by atoms with Gasteiger partial charge in [-0.15, -0.1) is 0 Å². The van der Waals surface area contributed by atoms with Crippen molar-refractivity contribution >= 4 is 34.7 Å². The Balaban J connectivity index is 1.81. The minimum absolute atomic E-state index is 0.130. The molecular weight excluding hydrogens is 371 g/mol. The van der Waals surface area contributed by atoms with Crippen molar-refractivity contribution < 1.29 is 14.3 Å². The van der Waals surface area contributed by atoms with E-state index in [4.69, 9.17) is 4.74 Å². The Morgan fingerprint density at radius 2 is 1.75 bits per heavy atom. The van der Waals surface area contributed by atoms with E-state index in [1.807, 2.05) is 19.1 Å². The van der Waals surface area contributed by atoms with E-state index in [0.29, 0.717) is 18.7 Å².